The number of halogens is 2. The molecule has 1 aromatic carbocycles. The number of anilines is 1. The number of hydrogen-bond acceptors (Lipinski definition) is 6. The predicted molar refractivity (Wildman–Crippen MR) is 120 cm³/mol. The van der Waals surface area contributed by atoms with Crippen LogP contribution in [0.3, 0.4) is 0 Å². The molecule has 0 saturated carbocycles. The smallest absolute Gasteiger partial charge is 0.270 e. The summed E-state index contributed by atoms with van der Waals surface area (Å²) < 4.78 is 5.93. The summed E-state index contributed by atoms with van der Waals surface area (Å²) in [6.45, 7) is 3.94. The molecular formula is C21H27Cl2N5O2. The first-order chi connectivity index (χ1) is 13.8. The van der Waals surface area contributed by atoms with Crippen LogP contribution in [0.2, 0.25) is 0 Å². The van der Waals surface area contributed by atoms with Gasteiger partial charge in [-0.3, -0.25) is 4.79 Å². The zero-order valence-electron chi connectivity index (χ0n) is 16.7. The Hall–Kier alpha value is -1.93. The van der Waals surface area contributed by atoms with Crippen molar-refractivity contribution >= 4 is 36.5 Å². The second-order valence-corrected chi connectivity index (χ2v) is 7.66. The second-order valence-electron chi connectivity index (χ2n) is 7.66. The normalized spacial score (nSPS) is 22.3. The Morgan fingerprint density at radius 3 is 2.70 bits per heavy atom. The molecule has 2 aromatic rings. The Labute approximate surface area is 188 Å². The van der Waals surface area contributed by atoms with E-state index in [0.717, 1.165) is 56.3 Å². The summed E-state index contributed by atoms with van der Waals surface area (Å²) in [7, 11) is 0. The molecule has 162 valence electrons. The van der Waals surface area contributed by atoms with Crippen LogP contribution < -0.4 is 15.5 Å². The van der Waals surface area contributed by atoms with Crippen LogP contribution in [0.4, 0.5) is 5.82 Å². The Kier molecular flexibility index (Phi) is 7.52. The highest BCUT2D eigenvalue weighted by atomic mass is 35.5. The van der Waals surface area contributed by atoms with Crippen molar-refractivity contribution in [2.75, 3.05) is 37.7 Å². The average molecular weight is 452 g/mol. The zero-order valence-corrected chi connectivity index (χ0v) is 18.3. The third-order valence-electron chi connectivity index (χ3n) is 5.79. The summed E-state index contributed by atoms with van der Waals surface area (Å²) in [6.07, 6.45) is 2.53. The van der Waals surface area contributed by atoms with E-state index in [1.165, 1.54) is 5.56 Å². The SMILES string of the molecule is Cl.Cl.O=C1NCCc2c1nc(CCc1ccccc1)nc2N1C[C@@H]2NCCO[C@H]2C1. The van der Waals surface area contributed by atoms with Crippen molar-refractivity contribution in [2.45, 2.75) is 31.4 Å². The number of ether oxygens (including phenoxy) is 1. The summed E-state index contributed by atoms with van der Waals surface area (Å²) >= 11 is 0. The molecule has 0 bridgehead atoms. The van der Waals surface area contributed by atoms with Gasteiger partial charge in [0, 0.05) is 38.2 Å². The molecule has 2 atom stereocenters. The van der Waals surface area contributed by atoms with Gasteiger partial charge in [0.25, 0.3) is 5.91 Å². The van der Waals surface area contributed by atoms with E-state index in [-0.39, 0.29) is 36.8 Å². The van der Waals surface area contributed by atoms with E-state index in [4.69, 9.17) is 9.72 Å². The molecule has 7 nitrogen and oxygen atoms in total. The molecule has 0 radical (unpaired) electrons. The minimum absolute atomic E-state index is 0. The lowest BCUT2D eigenvalue weighted by Gasteiger charge is -2.25. The van der Waals surface area contributed by atoms with Crippen LogP contribution in [-0.2, 0) is 24.0 Å². The van der Waals surface area contributed by atoms with Gasteiger partial charge in [0.2, 0.25) is 0 Å². The molecule has 4 heterocycles. The van der Waals surface area contributed by atoms with Gasteiger partial charge in [0.05, 0.1) is 18.8 Å². The van der Waals surface area contributed by atoms with Crippen molar-refractivity contribution in [3.8, 4) is 0 Å². The van der Waals surface area contributed by atoms with E-state index in [9.17, 15) is 4.79 Å². The quantitative estimate of drug-likeness (QED) is 0.734. The average Bonchev–Trinajstić information content (AvgIpc) is 3.17. The molecule has 1 aromatic heterocycles. The second kappa shape index (κ2) is 9.92. The molecule has 0 unspecified atom stereocenters. The number of carbonyl (C=O) groups excluding carboxylic acids is 1. The first-order valence-electron chi connectivity index (χ1n) is 10.1. The van der Waals surface area contributed by atoms with Gasteiger partial charge in [-0.2, -0.15) is 0 Å². The number of carbonyl (C=O) groups is 1. The third kappa shape index (κ3) is 4.54. The Morgan fingerprint density at radius 1 is 1.07 bits per heavy atom. The molecule has 2 fully saturated rings. The van der Waals surface area contributed by atoms with E-state index in [2.05, 4.69) is 32.7 Å². The number of rotatable bonds is 4. The Balaban J connectivity index is 0.00000128. The van der Waals surface area contributed by atoms with Gasteiger partial charge in [-0.25, -0.2) is 9.97 Å². The molecule has 2 saturated heterocycles. The molecular weight excluding hydrogens is 425 g/mol. The minimum Gasteiger partial charge on any atom is -0.373 e. The van der Waals surface area contributed by atoms with Gasteiger partial charge in [0.1, 0.15) is 17.3 Å². The lowest BCUT2D eigenvalue weighted by atomic mass is 10.0. The van der Waals surface area contributed by atoms with Crippen molar-refractivity contribution in [1.82, 2.24) is 20.6 Å². The van der Waals surface area contributed by atoms with Crippen LogP contribution >= 0.6 is 24.8 Å². The number of nitrogens with zero attached hydrogens (tertiary/aromatic N) is 3. The van der Waals surface area contributed by atoms with Crippen LogP contribution in [0.5, 0.6) is 0 Å². The monoisotopic (exact) mass is 451 g/mol. The highest BCUT2D eigenvalue weighted by Crippen LogP contribution is 2.29. The van der Waals surface area contributed by atoms with E-state index in [1.54, 1.807) is 0 Å². The summed E-state index contributed by atoms with van der Waals surface area (Å²) in [5.41, 5.74) is 2.77. The summed E-state index contributed by atoms with van der Waals surface area (Å²) in [5, 5.41) is 6.46. The number of aryl methyl sites for hydroxylation is 2. The number of morpholine rings is 1. The fourth-order valence-electron chi connectivity index (χ4n) is 4.36. The van der Waals surface area contributed by atoms with Crippen molar-refractivity contribution < 1.29 is 9.53 Å². The third-order valence-corrected chi connectivity index (χ3v) is 5.79. The molecule has 30 heavy (non-hydrogen) atoms. The molecule has 0 aliphatic carbocycles. The standard InChI is InChI=1S/C21H25N5O2.2ClH/c27-21-19-15(8-9-23-21)20(26-12-16-17(13-26)28-11-10-22-16)25-18(24-19)7-6-14-4-2-1-3-5-14;;/h1-5,16-17,22H,6-13H2,(H,23,27);2*1H/t16-,17-;;/m0../s1. The molecule has 9 heteroatoms. The van der Waals surface area contributed by atoms with Crippen molar-refractivity contribution in [1.29, 1.82) is 0 Å². The number of fused-ring (bicyclic) bond motifs is 2. The van der Waals surface area contributed by atoms with Crippen LogP contribution in [0.1, 0.15) is 27.4 Å². The Morgan fingerprint density at radius 2 is 1.90 bits per heavy atom. The number of hydrogen-bond donors (Lipinski definition) is 2. The maximum atomic E-state index is 12.5. The van der Waals surface area contributed by atoms with Crippen molar-refractivity contribution in [2.24, 2.45) is 0 Å². The first-order valence-corrected chi connectivity index (χ1v) is 10.1. The minimum atomic E-state index is -0.0863. The highest BCUT2D eigenvalue weighted by molar-refractivity contribution is 5.96. The zero-order chi connectivity index (χ0) is 18.9. The molecule has 3 aliphatic rings. The summed E-state index contributed by atoms with van der Waals surface area (Å²) in [5.74, 6) is 1.57. The van der Waals surface area contributed by atoms with Crippen LogP contribution in [0.25, 0.3) is 0 Å². The summed E-state index contributed by atoms with van der Waals surface area (Å²) in [4.78, 5) is 24.3. The molecule has 1 amide bonds. The first kappa shape index (κ1) is 22.7. The summed E-state index contributed by atoms with van der Waals surface area (Å²) in [6, 6.07) is 10.6. The number of amides is 1. The predicted octanol–water partition coefficient (Wildman–Crippen LogP) is 1.57. The fraction of sp³-hybridized carbons (Fsp3) is 0.476. The van der Waals surface area contributed by atoms with Crippen LogP contribution in [0.15, 0.2) is 30.3 Å². The van der Waals surface area contributed by atoms with Gasteiger partial charge in [0.15, 0.2) is 0 Å². The fourth-order valence-corrected chi connectivity index (χ4v) is 4.36. The van der Waals surface area contributed by atoms with Crippen molar-refractivity contribution in [3.63, 3.8) is 0 Å². The van der Waals surface area contributed by atoms with Gasteiger partial charge in [-0.1, -0.05) is 30.3 Å². The van der Waals surface area contributed by atoms with Gasteiger partial charge in [-0.15, -0.1) is 24.8 Å². The maximum absolute atomic E-state index is 12.5. The van der Waals surface area contributed by atoms with E-state index < -0.39 is 0 Å². The van der Waals surface area contributed by atoms with E-state index >= 15 is 0 Å². The van der Waals surface area contributed by atoms with Gasteiger partial charge >= 0.3 is 0 Å². The molecule has 3 aliphatic heterocycles. The lowest BCUT2D eigenvalue weighted by molar-refractivity contribution is 0.0212. The van der Waals surface area contributed by atoms with E-state index in [0.29, 0.717) is 24.7 Å². The largest absolute Gasteiger partial charge is 0.373 e. The molecule has 2 N–H and O–H groups in total. The highest BCUT2D eigenvalue weighted by Gasteiger charge is 2.38. The molecule has 0 spiro atoms. The number of aromatic nitrogens is 2. The number of nitrogens with one attached hydrogen (secondary N) is 2. The van der Waals surface area contributed by atoms with Crippen LogP contribution in [0, 0.1) is 0 Å². The molecule has 5 rings (SSSR count). The lowest BCUT2D eigenvalue weighted by Crippen LogP contribution is -2.47. The topological polar surface area (TPSA) is 79.4 Å². The number of benzene rings is 1. The maximum Gasteiger partial charge on any atom is 0.270 e. The Bertz CT molecular complexity index is 869. The van der Waals surface area contributed by atoms with E-state index in [1.807, 2.05) is 18.2 Å². The van der Waals surface area contributed by atoms with Crippen LogP contribution in [-0.4, -0.2) is 60.8 Å². The van der Waals surface area contributed by atoms with Crippen molar-refractivity contribution in [3.05, 3.63) is 53.0 Å². The van der Waals surface area contributed by atoms with Gasteiger partial charge in [-0.05, 0) is 18.4 Å². The van der Waals surface area contributed by atoms with Gasteiger partial charge < -0.3 is 20.3 Å².